The van der Waals surface area contributed by atoms with Crippen LogP contribution in [-0.2, 0) is 32.5 Å². The van der Waals surface area contributed by atoms with Gasteiger partial charge in [0.2, 0.25) is 11.9 Å². The van der Waals surface area contributed by atoms with Gasteiger partial charge in [0.15, 0.2) is 5.82 Å². The van der Waals surface area contributed by atoms with Gasteiger partial charge >= 0.3 is 0 Å². The Hall–Kier alpha value is -2.97. The third-order valence-corrected chi connectivity index (χ3v) is 8.96. The molecule has 6 rings (SSSR count). The van der Waals surface area contributed by atoms with Gasteiger partial charge in [-0.25, -0.2) is 4.98 Å². The molecule has 0 radical (unpaired) electrons. The van der Waals surface area contributed by atoms with Crippen molar-refractivity contribution in [3.8, 4) is 5.75 Å². The molecule has 14 heteroatoms. The van der Waals surface area contributed by atoms with Gasteiger partial charge in [-0.1, -0.05) is 29.8 Å². The lowest BCUT2D eigenvalue weighted by Crippen LogP contribution is -2.43. The Morgan fingerprint density at radius 1 is 1.19 bits per heavy atom. The van der Waals surface area contributed by atoms with Crippen LogP contribution in [0.4, 0.5) is 17.5 Å². The molecule has 43 heavy (non-hydrogen) atoms. The lowest BCUT2D eigenvalue weighted by Gasteiger charge is -2.34. The lowest BCUT2D eigenvalue weighted by atomic mass is 9.88. The fourth-order valence-corrected chi connectivity index (χ4v) is 6.95. The third kappa shape index (κ3) is 7.58. The van der Waals surface area contributed by atoms with Gasteiger partial charge in [-0.05, 0) is 61.1 Å². The van der Waals surface area contributed by atoms with Crippen LogP contribution < -0.4 is 21.1 Å². The summed E-state index contributed by atoms with van der Waals surface area (Å²) in [5.41, 5.74) is 9.14. The van der Waals surface area contributed by atoms with Gasteiger partial charge in [0.1, 0.15) is 10.8 Å². The summed E-state index contributed by atoms with van der Waals surface area (Å²) in [7, 11) is -1.95. The topological polar surface area (TPSA) is 169 Å². The number of benzene rings is 1. The molecule has 5 N–H and O–H groups in total. The first-order valence-corrected chi connectivity index (χ1v) is 16.7. The molecular formula is C29H39ClN6O6S. The fraction of sp³-hybridized carbons (Fsp3) is 0.552. The number of methoxy groups -OCH3 is 1. The van der Waals surface area contributed by atoms with Gasteiger partial charge in [-0.2, -0.15) is 13.4 Å². The largest absolute Gasteiger partial charge is 0.494 e. The lowest BCUT2D eigenvalue weighted by molar-refractivity contribution is -0.122. The number of halogens is 1. The number of morpholine rings is 1. The molecular weight excluding hydrogens is 596 g/mol. The van der Waals surface area contributed by atoms with Crippen LogP contribution >= 0.6 is 11.6 Å². The average molecular weight is 635 g/mol. The molecule has 1 saturated carbocycles. The zero-order valence-electron chi connectivity index (χ0n) is 24.3. The number of nitrogens with one attached hydrogen (secondary N) is 2. The summed E-state index contributed by atoms with van der Waals surface area (Å²) in [6, 6.07) is 4.66. The summed E-state index contributed by atoms with van der Waals surface area (Å²) in [6.45, 7) is 3.66. The molecule has 1 aromatic heterocycles. The Bertz CT molecular complexity index is 1460. The smallest absolute Gasteiger partial charge is 0.261 e. The van der Waals surface area contributed by atoms with Crippen molar-refractivity contribution < 1.29 is 27.2 Å². The molecule has 2 fully saturated rings. The molecule has 2 heterocycles. The Labute approximate surface area is 257 Å². The van der Waals surface area contributed by atoms with Crippen molar-refractivity contribution in [1.82, 2.24) is 14.9 Å². The maximum absolute atomic E-state index is 12.2. The molecule has 12 nitrogen and oxygen atoms in total. The summed E-state index contributed by atoms with van der Waals surface area (Å²) in [4.78, 5) is 23.8. The highest BCUT2D eigenvalue weighted by atomic mass is 35.5. The maximum atomic E-state index is 12.2. The monoisotopic (exact) mass is 634 g/mol. The van der Waals surface area contributed by atoms with E-state index in [2.05, 4.69) is 43.7 Å². The van der Waals surface area contributed by atoms with E-state index in [1.165, 1.54) is 11.1 Å². The molecule has 2 aromatic rings. The number of ether oxygens (including phenoxy) is 2. The quantitative estimate of drug-likeness (QED) is 0.201. The first-order valence-electron chi connectivity index (χ1n) is 14.5. The second-order valence-electron chi connectivity index (χ2n) is 11.5. The predicted octanol–water partition coefficient (Wildman–Crippen LogP) is 3.05. The van der Waals surface area contributed by atoms with E-state index in [1.807, 2.05) is 6.07 Å². The van der Waals surface area contributed by atoms with Crippen molar-refractivity contribution in [3.63, 3.8) is 0 Å². The van der Waals surface area contributed by atoms with Gasteiger partial charge in [0, 0.05) is 25.2 Å². The number of aromatic nitrogens is 2. The van der Waals surface area contributed by atoms with Crippen molar-refractivity contribution >= 4 is 45.1 Å². The average Bonchev–Trinajstić information content (AvgIpc) is 3.50. The number of primary amides is 1. The predicted molar refractivity (Wildman–Crippen MR) is 164 cm³/mol. The van der Waals surface area contributed by atoms with E-state index in [1.54, 1.807) is 13.3 Å². The summed E-state index contributed by atoms with van der Waals surface area (Å²) < 4.78 is 37.4. The van der Waals surface area contributed by atoms with Crippen molar-refractivity contribution in [2.24, 2.45) is 23.5 Å². The number of rotatable bonds is 7. The fourth-order valence-electron chi connectivity index (χ4n) is 6.81. The summed E-state index contributed by atoms with van der Waals surface area (Å²) in [6.07, 6.45) is 11.7. The van der Waals surface area contributed by atoms with E-state index < -0.39 is 10.1 Å². The van der Waals surface area contributed by atoms with Crippen LogP contribution in [0, 0.1) is 17.8 Å². The molecule has 5 atom stereocenters. The number of anilines is 3. The van der Waals surface area contributed by atoms with Gasteiger partial charge in [0.05, 0.1) is 44.4 Å². The molecule has 5 unspecified atom stereocenters. The Morgan fingerprint density at radius 3 is 2.58 bits per heavy atom. The van der Waals surface area contributed by atoms with E-state index >= 15 is 0 Å². The van der Waals surface area contributed by atoms with Crippen LogP contribution in [0.15, 0.2) is 30.5 Å². The summed E-state index contributed by atoms with van der Waals surface area (Å²) >= 11 is 6.47. The zero-order chi connectivity index (χ0) is 30.7. The van der Waals surface area contributed by atoms with Crippen LogP contribution in [0.3, 0.4) is 0 Å². The van der Waals surface area contributed by atoms with E-state index in [0.29, 0.717) is 29.1 Å². The highest BCUT2D eigenvalue weighted by Gasteiger charge is 2.47. The number of carbonyl (C=O) groups excluding carboxylic acids is 1. The van der Waals surface area contributed by atoms with Crippen molar-refractivity contribution in [1.29, 1.82) is 0 Å². The highest BCUT2D eigenvalue weighted by molar-refractivity contribution is 7.85. The number of carbonyl (C=O) groups is 1. The second-order valence-corrected chi connectivity index (χ2v) is 13.3. The summed E-state index contributed by atoms with van der Waals surface area (Å²) in [5.74, 6) is 1.55. The Morgan fingerprint density at radius 2 is 1.88 bits per heavy atom. The minimum absolute atomic E-state index is 0.135. The molecule has 1 amide bonds. The Kier molecular flexibility index (Phi) is 9.76. The number of amides is 1. The number of fused-ring (bicyclic) bond motifs is 3. The van der Waals surface area contributed by atoms with E-state index in [0.717, 1.165) is 69.8 Å². The van der Waals surface area contributed by atoms with Crippen LogP contribution in [0.1, 0.15) is 30.4 Å². The minimum atomic E-state index is -3.67. The summed E-state index contributed by atoms with van der Waals surface area (Å²) in [5, 5.41) is 7.15. The van der Waals surface area contributed by atoms with Gasteiger partial charge in [0.25, 0.3) is 10.1 Å². The number of nitrogens with zero attached hydrogens (tertiary/aromatic N) is 3. The van der Waals surface area contributed by atoms with E-state index in [4.69, 9.17) is 31.4 Å². The van der Waals surface area contributed by atoms with E-state index in [-0.39, 0.29) is 29.7 Å². The number of aryl methyl sites for hydroxylation is 1. The molecule has 1 aromatic carbocycles. The second kappa shape index (κ2) is 13.3. The normalized spacial score (nSPS) is 26.6. The zero-order valence-corrected chi connectivity index (χ0v) is 25.9. The van der Waals surface area contributed by atoms with Gasteiger partial charge < -0.3 is 25.8 Å². The number of hydrogen-bond donors (Lipinski definition) is 4. The maximum Gasteiger partial charge on any atom is 0.261 e. The Balaban J connectivity index is 0.000000682. The van der Waals surface area contributed by atoms with Gasteiger partial charge in [-0.15, -0.1) is 0 Å². The standard InChI is InChI=1S/C28H35ClN6O3.CH4O3S/c1-37-25-20-8-7-19(35-10-12-38-13-11-35)6-4-16(20)5-9-22(25)32-28-31-15-21(29)27(34-28)33-24-18-3-2-17(14-18)23(24)26(30)36;1-5(2,3)4/h2-3,5,9,15,17-19,23-24H,4,6-8,10-14H2,1H3,(H2,30,36)(H2,31,32,33,34);1H3,(H,2,3,4). The molecule has 2 bridgehead atoms. The van der Waals surface area contributed by atoms with E-state index in [9.17, 15) is 13.2 Å². The first kappa shape index (κ1) is 31.5. The number of hydrogen-bond acceptors (Lipinski definition) is 10. The van der Waals surface area contributed by atoms with Gasteiger partial charge in [-0.3, -0.25) is 14.2 Å². The SMILES string of the molecule is COc1c(Nc2ncc(Cl)c(NC3C4C=CC(C4)C3C(N)=O)n2)ccc2c1CCC(N1CCOCC1)CC2.CS(=O)(=O)O. The molecule has 1 saturated heterocycles. The van der Waals surface area contributed by atoms with Crippen molar-refractivity contribution in [2.75, 3.05) is 50.3 Å². The van der Waals surface area contributed by atoms with Crippen molar-refractivity contribution in [3.05, 3.63) is 46.6 Å². The molecule has 234 valence electrons. The molecule has 3 aliphatic carbocycles. The third-order valence-electron chi connectivity index (χ3n) is 8.68. The minimum Gasteiger partial charge on any atom is -0.494 e. The number of allylic oxidation sites excluding steroid dienone is 1. The molecule has 0 spiro atoms. The first-order chi connectivity index (χ1) is 20.5. The molecule has 1 aliphatic heterocycles. The van der Waals surface area contributed by atoms with Crippen LogP contribution in [0.25, 0.3) is 0 Å². The molecule has 4 aliphatic rings. The van der Waals surface area contributed by atoms with Crippen LogP contribution in [0.2, 0.25) is 5.02 Å². The highest BCUT2D eigenvalue weighted by Crippen LogP contribution is 2.45. The van der Waals surface area contributed by atoms with Crippen LogP contribution in [-0.4, -0.2) is 85.5 Å². The van der Waals surface area contributed by atoms with Crippen LogP contribution in [0.5, 0.6) is 5.75 Å². The number of nitrogens with two attached hydrogens (primary N) is 1. The van der Waals surface area contributed by atoms with Crippen molar-refractivity contribution in [2.45, 2.75) is 44.2 Å².